The highest BCUT2D eigenvalue weighted by Gasteiger charge is 2.09. The van der Waals surface area contributed by atoms with E-state index in [0.717, 1.165) is 25.2 Å². The molecule has 0 saturated heterocycles. The Morgan fingerprint density at radius 3 is 2.30 bits per heavy atom. The SMILES string of the molecule is CCN(CC)Cc1ccc(C(=O)Nc2ccc(C)cc2Cl)cc1. The topological polar surface area (TPSA) is 32.3 Å². The van der Waals surface area contributed by atoms with Crippen LogP contribution in [0.5, 0.6) is 0 Å². The largest absolute Gasteiger partial charge is 0.321 e. The number of nitrogens with one attached hydrogen (secondary N) is 1. The number of hydrogen-bond donors (Lipinski definition) is 1. The van der Waals surface area contributed by atoms with E-state index >= 15 is 0 Å². The van der Waals surface area contributed by atoms with Crippen LogP contribution >= 0.6 is 11.6 Å². The second-order valence-electron chi connectivity index (χ2n) is 5.60. The lowest BCUT2D eigenvalue weighted by Gasteiger charge is -2.18. The molecule has 0 radical (unpaired) electrons. The second-order valence-corrected chi connectivity index (χ2v) is 6.00. The average molecular weight is 331 g/mol. The van der Waals surface area contributed by atoms with Gasteiger partial charge in [0.05, 0.1) is 10.7 Å². The Morgan fingerprint density at radius 1 is 1.09 bits per heavy atom. The molecule has 0 heterocycles. The van der Waals surface area contributed by atoms with Gasteiger partial charge in [0, 0.05) is 12.1 Å². The van der Waals surface area contributed by atoms with Gasteiger partial charge in [-0.1, -0.05) is 43.6 Å². The van der Waals surface area contributed by atoms with Gasteiger partial charge in [0.25, 0.3) is 5.91 Å². The van der Waals surface area contributed by atoms with Crippen LogP contribution in [-0.4, -0.2) is 23.9 Å². The second kappa shape index (κ2) is 8.14. The van der Waals surface area contributed by atoms with Crippen LogP contribution in [0, 0.1) is 6.92 Å². The smallest absolute Gasteiger partial charge is 0.255 e. The lowest BCUT2D eigenvalue weighted by atomic mass is 10.1. The van der Waals surface area contributed by atoms with Crippen molar-refractivity contribution in [1.29, 1.82) is 0 Å². The predicted molar refractivity (Wildman–Crippen MR) is 97.2 cm³/mol. The van der Waals surface area contributed by atoms with Crippen molar-refractivity contribution in [1.82, 2.24) is 4.90 Å². The van der Waals surface area contributed by atoms with Crippen LogP contribution in [0.3, 0.4) is 0 Å². The van der Waals surface area contributed by atoms with E-state index in [0.29, 0.717) is 16.3 Å². The minimum Gasteiger partial charge on any atom is -0.321 e. The maximum absolute atomic E-state index is 12.3. The van der Waals surface area contributed by atoms with E-state index in [2.05, 4.69) is 24.1 Å². The maximum Gasteiger partial charge on any atom is 0.255 e. The molecule has 2 rings (SSSR count). The highest BCUT2D eigenvalue weighted by Crippen LogP contribution is 2.23. The monoisotopic (exact) mass is 330 g/mol. The van der Waals surface area contributed by atoms with Crippen LogP contribution in [-0.2, 0) is 6.54 Å². The van der Waals surface area contributed by atoms with Crippen molar-refractivity contribution in [3.63, 3.8) is 0 Å². The molecule has 2 aromatic rings. The number of benzene rings is 2. The third kappa shape index (κ3) is 4.81. The molecule has 0 aliphatic heterocycles. The molecule has 0 bridgehead atoms. The number of carbonyl (C=O) groups excluding carboxylic acids is 1. The van der Waals surface area contributed by atoms with Gasteiger partial charge in [0.15, 0.2) is 0 Å². The van der Waals surface area contributed by atoms with Gasteiger partial charge in [-0.3, -0.25) is 9.69 Å². The zero-order valence-electron chi connectivity index (χ0n) is 13.9. The summed E-state index contributed by atoms with van der Waals surface area (Å²) in [5.41, 5.74) is 3.53. The van der Waals surface area contributed by atoms with E-state index in [9.17, 15) is 4.79 Å². The highest BCUT2D eigenvalue weighted by atomic mass is 35.5. The Labute approximate surface area is 143 Å². The molecule has 3 nitrogen and oxygen atoms in total. The van der Waals surface area contributed by atoms with Gasteiger partial charge in [0.1, 0.15) is 0 Å². The maximum atomic E-state index is 12.3. The molecular weight excluding hydrogens is 308 g/mol. The molecule has 1 N–H and O–H groups in total. The van der Waals surface area contributed by atoms with E-state index in [1.54, 1.807) is 0 Å². The normalized spacial score (nSPS) is 10.8. The average Bonchev–Trinajstić information content (AvgIpc) is 2.55. The van der Waals surface area contributed by atoms with Crippen molar-refractivity contribution >= 4 is 23.2 Å². The highest BCUT2D eigenvalue weighted by molar-refractivity contribution is 6.34. The molecule has 23 heavy (non-hydrogen) atoms. The number of hydrogen-bond acceptors (Lipinski definition) is 2. The molecule has 0 spiro atoms. The summed E-state index contributed by atoms with van der Waals surface area (Å²) in [6.07, 6.45) is 0. The first-order chi connectivity index (χ1) is 11.0. The number of amides is 1. The minimum atomic E-state index is -0.148. The first kappa shape index (κ1) is 17.5. The van der Waals surface area contributed by atoms with E-state index in [-0.39, 0.29) is 5.91 Å². The predicted octanol–water partition coefficient (Wildman–Crippen LogP) is 4.74. The molecule has 0 aliphatic carbocycles. The summed E-state index contributed by atoms with van der Waals surface area (Å²) in [7, 11) is 0. The first-order valence-corrected chi connectivity index (χ1v) is 8.30. The fourth-order valence-corrected chi connectivity index (χ4v) is 2.67. The zero-order valence-corrected chi connectivity index (χ0v) is 14.7. The Morgan fingerprint density at radius 2 is 1.74 bits per heavy atom. The van der Waals surface area contributed by atoms with E-state index in [4.69, 9.17) is 11.6 Å². The summed E-state index contributed by atoms with van der Waals surface area (Å²) in [6, 6.07) is 13.3. The molecule has 0 atom stereocenters. The summed E-state index contributed by atoms with van der Waals surface area (Å²) < 4.78 is 0. The van der Waals surface area contributed by atoms with Crippen LogP contribution in [0.2, 0.25) is 5.02 Å². The Kier molecular flexibility index (Phi) is 6.20. The summed E-state index contributed by atoms with van der Waals surface area (Å²) in [6.45, 7) is 9.20. The van der Waals surface area contributed by atoms with E-state index in [1.165, 1.54) is 5.56 Å². The van der Waals surface area contributed by atoms with Crippen LogP contribution in [0.15, 0.2) is 42.5 Å². The van der Waals surface area contributed by atoms with Crippen molar-refractivity contribution in [3.8, 4) is 0 Å². The van der Waals surface area contributed by atoms with Crippen LogP contribution < -0.4 is 5.32 Å². The number of aryl methyl sites for hydroxylation is 1. The van der Waals surface area contributed by atoms with Gasteiger partial charge < -0.3 is 5.32 Å². The van der Waals surface area contributed by atoms with Crippen molar-refractivity contribution in [2.45, 2.75) is 27.3 Å². The Hall–Kier alpha value is -1.84. The summed E-state index contributed by atoms with van der Waals surface area (Å²) in [5, 5.41) is 3.41. The van der Waals surface area contributed by atoms with Gasteiger partial charge >= 0.3 is 0 Å². The lowest BCUT2D eigenvalue weighted by molar-refractivity contribution is 0.102. The third-order valence-corrected chi connectivity index (χ3v) is 4.20. The van der Waals surface area contributed by atoms with Crippen molar-refractivity contribution < 1.29 is 4.79 Å². The van der Waals surface area contributed by atoms with Gasteiger partial charge in [-0.2, -0.15) is 0 Å². The summed E-state index contributed by atoms with van der Waals surface area (Å²) in [4.78, 5) is 14.7. The molecule has 0 unspecified atom stereocenters. The first-order valence-electron chi connectivity index (χ1n) is 7.92. The zero-order chi connectivity index (χ0) is 16.8. The number of rotatable bonds is 6. The Balaban J connectivity index is 2.05. The number of halogens is 1. The van der Waals surface area contributed by atoms with Gasteiger partial charge in [-0.15, -0.1) is 0 Å². The molecule has 4 heteroatoms. The van der Waals surface area contributed by atoms with Gasteiger partial charge in [-0.05, 0) is 55.4 Å². The molecule has 0 saturated carbocycles. The number of nitrogens with zero attached hydrogens (tertiary/aromatic N) is 1. The fourth-order valence-electron chi connectivity index (χ4n) is 2.38. The number of anilines is 1. The summed E-state index contributed by atoms with van der Waals surface area (Å²) >= 11 is 6.16. The third-order valence-electron chi connectivity index (χ3n) is 3.89. The lowest BCUT2D eigenvalue weighted by Crippen LogP contribution is -2.22. The van der Waals surface area contributed by atoms with Crippen LogP contribution in [0.4, 0.5) is 5.69 Å². The van der Waals surface area contributed by atoms with Crippen molar-refractivity contribution in [3.05, 3.63) is 64.2 Å². The number of carbonyl (C=O) groups is 1. The van der Waals surface area contributed by atoms with Gasteiger partial charge in [0.2, 0.25) is 0 Å². The van der Waals surface area contributed by atoms with E-state index in [1.807, 2.05) is 49.4 Å². The molecule has 2 aromatic carbocycles. The fraction of sp³-hybridized carbons (Fsp3) is 0.316. The summed E-state index contributed by atoms with van der Waals surface area (Å²) in [5.74, 6) is -0.148. The van der Waals surface area contributed by atoms with Gasteiger partial charge in [-0.25, -0.2) is 0 Å². The van der Waals surface area contributed by atoms with Crippen molar-refractivity contribution in [2.24, 2.45) is 0 Å². The quantitative estimate of drug-likeness (QED) is 0.829. The minimum absolute atomic E-state index is 0.148. The van der Waals surface area contributed by atoms with Crippen LogP contribution in [0.1, 0.15) is 35.3 Å². The molecule has 0 fully saturated rings. The molecule has 0 aliphatic rings. The van der Waals surface area contributed by atoms with Crippen LogP contribution in [0.25, 0.3) is 0 Å². The molecular formula is C19H23ClN2O. The molecule has 122 valence electrons. The molecule has 1 amide bonds. The van der Waals surface area contributed by atoms with E-state index < -0.39 is 0 Å². The standard InChI is InChI=1S/C19H23ClN2O/c1-4-22(5-2)13-15-7-9-16(10-8-15)19(23)21-18-11-6-14(3)12-17(18)20/h6-12H,4-5,13H2,1-3H3,(H,21,23). The Bertz CT molecular complexity index is 664. The van der Waals surface area contributed by atoms with Crippen molar-refractivity contribution in [2.75, 3.05) is 18.4 Å². The molecule has 0 aromatic heterocycles.